The maximum absolute atomic E-state index is 12.1. The maximum Gasteiger partial charge on any atom is 0.259 e. The molecule has 0 saturated carbocycles. The van der Waals surface area contributed by atoms with Crippen molar-refractivity contribution in [2.75, 3.05) is 0 Å². The molecule has 48 valence electrons. The Morgan fingerprint density at radius 3 is 2.78 bits per heavy atom. The zero-order chi connectivity index (χ0) is 6.85. The van der Waals surface area contributed by atoms with Crippen LogP contribution < -0.4 is 0 Å². The van der Waals surface area contributed by atoms with Crippen LogP contribution >= 0.6 is 11.6 Å². The summed E-state index contributed by atoms with van der Waals surface area (Å²) < 4.78 is 12.1. The van der Waals surface area contributed by atoms with Gasteiger partial charge in [0.1, 0.15) is 0 Å². The van der Waals surface area contributed by atoms with E-state index in [2.05, 4.69) is 9.97 Å². The molecule has 0 aromatic carbocycles. The number of nitrogens with zero attached hydrogens (tertiary/aromatic N) is 2. The molecule has 0 saturated heterocycles. The molecule has 0 fully saturated rings. The third-order valence-electron chi connectivity index (χ3n) is 0.695. The fraction of sp³-hybridized carbons (Fsp3) is 0. The molecule has 0 unspecified atom stereocenters. The van der Waals surface area contributed by atoms with Crippen molar-refractivity contribution in [3.05, 3.63) is 17.4 Å². The summed E-state index contributed by atoms with van der Waals surface area (Å²) in [4.78, 5) is 6.31. The monoisotopic (exact) mass is 148 g/mol. The summed E-state index contributed by atoms with van der Waals surface area (Å²) in [6, 6.07) is 0. The molecule has 1 aromatic heterocycles. The topological polar surface area (TPSA) is 46.0 Å². The molecule has 1 aromatic rings. The Hall–Kier alpha value is -0.900. The van der Waals surface area contributed by atoms with Gasteiger partial charge in [-0.15, -0.1) is 0 Å². The second kappa shape index (κ2) is 2.14. The van der Waals surface area contributed by atoms with Gasteiger partial charge in [0, 0.05) is 0 Å². The number of hydrogen-bond donors (Lipinski definition) is 1. The zero-order valence-corrected chi connectivity index (χ0v) is 4.93. The molecule has 0 atom stereocenters. The number of hydrogen-bond acceptors (Lipinski definition) is 3. The van der Waals surface area contributed by atoms with Gasteiger partial charge in [-0.05, 0) is 11.6 Å². The van der Waals surface area contributed by atoms with Crippen LogP contribution in [0.3, 0.4) is 0 Å². The van der Waals surface area contributed by atoms with E-state index in [1.165, 1.54) is 0 Å². The van der Waals surface area contributed by atoms with Crippen molar-refractivity contribution in [1.29, 1.82) is 0 Å². The molecule has 1 heterocycles. The summed E-state index contributed by atoms with van der Waals surface area (Å²) in [6.07, 6.45) is 0.894. The number of aromatic nitrogens is 2. The van der Waals surface area contributed by atoms with Crippen molar-refractivity contribution in [2.24, 2.45) is 0 Å². The summed E-state index contributed by atoms with van der Waals surface area (Å²) >= 11 is 5.14. The van der Waals surface area contributed by atoms with Gasteiger partial charge >= 0.3 is 0 Å². The first-order chi connectivity index (χ1) is 4.20. The second-order valence-electron chi connectivity index (χ2n) is 1.32. The lowest BCUT2D eigenvalue weighted by atomic mass is 10.6. The lowest BCUT2D eigenvalue weighted by Crippen LogP contribution is -1.85. The Balaban J connectivity index is 3.17. The van der Waals surface area contributed by atoms with E-state index >= 15 is 0 Å². The van der Waals surface area contributed by atoms with Crippen molar-refractivity contribution in [3.8, 4) is 5.75 Å². The van der Waals surface area contributed by atoms with Gasteiger partial charge < -0.3 is 5.11 Å². The quantitative estimate of drug-likeness (QED) is 0.441. The standard InChI is InChI=1S/C4H2ClFN2O/c5-4-7-1-2(9)3(6)8-4/h1,9H. The van der Waals surface area contributed by atoms with Crippen molar-refractivity contribution < 1.29 is 9.50 Å². The minimum Gasteiger partial charge on any atom is -0.503 e. The minimum atomic E-state index is -1.00. The van der Waals surface area contributed by atoms with E-state index in [4.69, 9.17) is 16.7 Å². The molecule has 0 bridgehead atoms. The molecule has 1 N–H and O–H groups in total. The molecule has 3 nitrogen and oxygen atoms in total. The van der Waals surface area contributed by atoms with Crippen LogP contribution in [0.2, 0.25) is 5.28 Å². The van der Waals surface area contributed by atoms with Crippen LogP contribution in [-0.2, 0) is 0 Å². The lowest BCUT2D eigenvalue weighted by Gasteiger charge is -1.90. The normalized spacial score (nSPS) is 9.56. The van der Waals surface area contributed by atoms with E-state index in [1.807, 2.05) is 0 Å². The predicted octanol–water partition coefficient (Wildman–Crippen LogP) is 0.975. The smallest absolute Gasteiger partial charge is 0.259 e. The molecule has 9 heavy (non-hydrogen) atoms. The first-order valence-electron chi connectivity index (χ1n) is 2.07. The third kappa shape index (κ3) is 1.26. The van der Waals surface area contributed by atoms with E-state index in [1.54, 1.807) is 0 Å². The van der Waals surface area contributed by atoms with Crippen LogP contribution in [0.25, 0.3) is 0 Å². The largest absolute Gasteiger partial charge is 0.503 e. The highest BCUT2D eigenvalue weighted by Crippen LogP contribution is 2.11. The van der Waals surface area contributed by atoms with Crippen LogP contribution in [0.5, 0.6) is 5.75 Å². The molecule has 0 aliphatic carbocycles. The molecule has 1 rings (SSSR count). The average molecular weight is 149 g/mol. The summed E-state index contributed by atoms with van der Waals surface area (Å²) in [5, 5.41) is 8.27. The Bertz CT molecular complexity index is 230. The van der Waals surface area contributed by atoms with Crippen molar-refractivity contribution in [3.63, 3.8) is 0 Å². The SMILES string of the molecule is Oc1cnc(Cl)nc1F. The number of halogens is 2. The average Bonchev–Trinajstić information content (AvgIpc) is 1.80. The molecule has 5 heteroatoms. The summed E-state index contributed by atoms with van der Waals surface area (Å²) in [5.41, 5.74) is 0. The fourth-order valence-corrected chi connectivity index (χ4v) is 0.458. The van der Waals surface area contributed by atoms with E-state index in [9.17, 15) is 4.39 Å². The molecular formula is C4H2ClFN2O. The van der Waals surface area contributed by atoms with Gasteiger partial charge in [0.15, 0.2) is 5.75 Å². The van der Waals surface area contributed by atoms with Crippen molar-refractivity contribution in [1.82, 2.24) is 9.97 Å². The van der Waals surface area contributed by atoms with E-state index < -0.39 is 11.7 Å². The zero-order valence-electron chi connectivity index (χ0n) is 4.17. The van der Waals surface area contributed by atoms with E-state index in [0.29, 0.717) is 0 Å². The Morgan fingerprint density at radius 1 is 1.67 bits per heavy atom. The summed E-state index contributed by atoms with van der Waals surface area (Å²) in [5.74, 6) is -1.60. The van der Waals surface area contributed by atoms with Gasteiger partial charge in [0.2, 0.25) is 5.28 Å². The first-order valence-corrected chi connectivity index (χ1v) is 2.45. The van der Waals surface area contributed by atoms with Crippen LogP contribution in [0, 0.1) is 5.95 Å². The highest BCUT2D eigenvalue weighted by atomic mass is 35.5. The van der Waals surface area contributed by atoms with Crippen LogP contribution in [0.4, 0.5) is 4.39 Å². The van der Waals surface area contributed by atoms with Gasteiger partial charge in [-0.1, -0.05) is 0 Å². The summed E-state index contributed by atoms with van der Waals surface area (Å²) in [7, 11) is 0. The third-order valence-corrected chi connectivity index (χ3v) is 0.877. The Labute approximate surface area is 55.1 Å². The lowest BCUT2D eigenvalue weighted by molar-refractivity contribution is 0.415. The number of aromatic hydroxyl groups is 1. The molecular weight excluding hydrogens is 147 g/mol. The van der Waals surface area contributed by atoms with Gasteiger partial charge in [0.05, 0.1) is 6.20 Å². The minimum absolute atomic E-state index is 0.217. The van der Waals surface area contributed by atoms with Gasteiger partial charge in [-0.2, -0.15) is 9.37 Å². The fourth-order valence-electron chi connectivity index (χ4n) is 0.335. The maximum atomic E-state index is 12.1. The van der Waals surface area contributed by atoms with E-state index in [0.717, 1.165) is 6.20 Å². The summed E-state index contributed by atoms with van der Waals surface area (Å²) in [6.45, 7) is 0. The molecule has 0 amide bonds. The van der Waals surface area contributed by atoms with Gasteiger partial charge in [-0.3, -0.25) is 0 Å². The second-order valence-corrected chi connectivity index (χ2v) is 1.65. The van der Waals surface area contributed by atoms with Crippen molar-refractivity contribution >= 4 is 11.6 Å². The van der Waals surface area contributed by atoms with E-state index in [-0.39, 0.29) is 5.28 Å². The Morgan fingerprint density at radius 2 is 2.33 bits per heavy atom. The highest BCUT2D eigenvalue weighted by molar-refractivity contribution is 6.28. The molecule has 0 aliphatic heterocycles. The highest BCUT2D eigenvalue weighted by Gasteiger charge is 2.00. The molecule has 0 spiro atoms. The van der Waals surface area contributed by atoms with Crippen molar-refractivity contribution in [2.45, 2.75) is 0 Å². The molecule has 0 radical (unpaired) electrons. The number of rotatable bonds is 0. The Kier molecular flexibility index (Phi) is 1.48. The molecule has 0 aliphatic rings. The van der Waals surface area contributed by atoms with Gasteiger partial charge in [-0.25, -0.2) is 4.98 Å². The van der Waals surface area contributed by atoms with Crippen LogP contribution in [0.1, 0.15) is 0 Å². The predicted molar refractivity (Wildman–Crippen MR) is 28.7 cm³/mol. The van der Waals surface area contributed by atoms with Crippen LogP contribution in [-0.4, -0.2) is 15.1 Å². The first kappa shape index (κ1) is 6.22. The van der Waals surface area contributed by atoms with Gasteiger partial charge in [0.25, 0.3) is 5.95 Å². The van der Waals surface area contributed by atoms with Crippen LogP contribution in [0.15, 0.2) is 6.20 Å².